The van der Waals surface area contributed by atoms with E-state index >= 15 is 0 Å². The average molecular weight is 496 g/mol. The van der Waals surface area contributed by atoms with Crippen LogP contribution < -0.4 is 26.1 Å². The minimum Gasteiger partial charge on any atom is -0.497 e. The molecule has 0 aliphatic carbocycles. The highest BCUT2D eigenvalue weighted by Gasteiger charge is 2.14. The van der Waals surface area contributed by atoms with Crippen LogP contribution in [-0.4, -0.2) is 47.0 Å². The van der Waals surface area contributed by atoms with Crippen LogP contribution in [0.25, 0.3) is 0 Å². The van der Waals surface area contributed by atoms with Crippen molar-refractivity contribution in [3.63, 3.8) is 0 Å². The summed E-state index contributed by atoms with van der Waals surface area (Å²) in [6.07, 6.45) is 1.48. The van der Waals surface area contributed by atoms with E-state index in [2.05, 4.69) is 26.0 Å². The fourth-order valence-electron chi connectivity index (χ4n) is 2.46. The number of amides is 1. The quantitative estimate of drug-likeness (QED) is 0.178. The molecule has 1 aromatic heterocycles. The van der Waals surface area contributed by atoms with E-state index in [1.165, 1.54) is 25.1 Å². The molecule has 10 nitrogen and oxygen atoms in total. The number of methoxy groups -OCH3 is 2. The number of nitrogens with one attached hydrogen (secondary N) is 2. The molecule has 3 rings (SSSR count). The van der Waals surface area contributed by atoms with Gasteiger partial charge in [-0.3, -0.25) is 4.79 Å². The van der Waals surface area contributed by atoms with Crippen LogP contribution >= 0.6 is 35.0 Å². The predicted octanol–water partition coefficient (Wildman–Crippen LogP) is 3.49. The molecule has 4 N–H and O–H groups in total. The van der Waals surface area contributed by atoms with Gasteiger partial charge in [0.25, 0.3) is 5.95 Å². The van der Waals surface area contributed by atoms with Gasteiger partial charge in [0.2, 0.25) is 11.1 Å². The summed E-state index contributed by atoms with van der Waals surface area (Å²) in [6, 6.07) is 10.3. The Morgan fingerprint density at radius 2 is 2.06 bits per heavy atom. The van der Waals surface area contributed by atoms with Gasteiger partial charge in [0.15, 0.2) is 0 Å². The largest absolute Gasteiger partial charge is 0.497 e. The molecule has 0 fully saturated rings. The third-order valence-corrected chi connectivity index (χ3v) is 5.80. The third-order valence-electron chi connectivity index (χ3n) is 4.03. The predicted molar refractivity (Wildman–Crippen MR) is 127 cm³/mol. The SMILES string of the molecule is COc1ccc(OC)c(NC(=O)CSc2nnc(N/N=C/c3cccc(Cl)c3Cl)n2N)c1. The Kier molecular flexibility index (Phi) is 8.03. The highest BCUT2D eigenvalue weighted by atomic mass is 35.5. The highest BCUT2D eigenvalue weighted by molar-refractivity contribution is 7.99. The van der Waals surface area contributed by atoms with E-state index in [4.69, 9.17) is 38.5 Å². The molecule has 0 saturated carbocycles. The first-order valence-corrected chi connectivity index (χ1v) is 10.7. The molecule has 0 bridgehead atoms. The van der Waals surface area contributed by atoms with E-state index in [0.717, 1.165) is 11.8 Å². The maximum atomic E-state index is 12.4. The molecule has 0 spiro atoms. The number of thioether (sulfide) groups is 1. The molecule has 13 heteroatoms. The van der Waals surface area contributed by atoms with Gasteiger partial charge in [0.1, 0.15) is 11.5 Å². The van der Waals surface area contributed by atoms with Crippen LogP contribution in [0, 0.1) is 0 Å². The van der Waals surface area contributed by atoms with Gasteiger partial charge in [-0.2, -0.15) is 5.10 Å². The Balaban J connectivity index is 1.58. The van der Waals surface area contributed by atoms with Gasteiger partial charge in [-0.15, -0.1) is 10.2 Å². The summed E-state index contributed by atoms with van der Waals surface area (Å²) in [4.78, 5) is 12.4. The molecule has 0 unspecified atom stereocenters. The Labute approximate surface area is 198 Å². The second-order valence-electron chi connectivity index (χ2n) is 6.09. The number of nitrogens with zero attached hydrogens (tertiary/aromatic N) is 4. The van der Waals surface area contributed by atoms with Gasteiger partial charge in [0.05, 0.1) is 41.9 Å². The van der Waals surface area contributed by atoms with Crippen LogP contribution in [0.5, 0.6) is 11.5 Å². The smallest absolute Gasteiger partial charge is 0.264 e. The van der Waals surface area contributed by atoms with Crippen molar-refractivity contribution < 1.29 is 14.3 Å². The first-order valence-electron chi connectivity index (χ1n) is 9.01. The van der Waals surface area contributed by atoms with E-state index in [9.17, 15) is 4.79 Å². The molecule has 0 atom stereocenters. The molecule has 2 aromatic carbocycles. The molecule has 0 aliphatic heterocycles. The average Bonchev–Trinajstić information content (AvgIpc) is 3.14. The third kappa shape index (κ3) is 5.75. The maximum absolute atomic E-state index is 12.4. The Hall–Kier alpha value is -3.15. The second-order valence-corrected chi connectivity index (χ2v) is 7.82. The van der Waals surface area contributed by atoms with Crippen LogP contribution in [-0.2, 0) is 4.79 Å². The first-order chi connectivity index (χ1) is 15.4. The number of ether oxygens (including phenoxy) is 2. The lowest BCUT2D eigenvalue weighted by Gasteiger charge is -2.11. The molecular formula is C19H19Cl2N7O3S. The minimum atomic E-state index is -0.285. The van der Waals surface area contributed by atoms with E-state index < -0.39 is 0 Å². The maximum Gasteiger partial charge on any atom is 0.264 e. The van der Waals surface area contributed by atoms with Crippen LogP contribution in [0.2, 0.25) is 10.0 Å². The summed E-state index contributed by atoms with van der Waals surface area (Å²) in [6.45, 7) is 0. The lowest BCUT2D eigenvalue weighted by molar-refractivity contribution is -0.113. The summed E-state index contributed by atoms with van der Waals surface area (Å²) in [7, 11) is 3.05. The number of aromatic nitrogens is 3. The fourth-order valence-corrected chi connectivity index (χ4v) is 3.47. The molecule has 0 saturated heterocycles. The second kappa shape index (κ2) is 10.9. The zero-order valence-corrected chi connectivity index (χ0v) is 19.3. The number of rotatable bonds is 9. The summed E-state index contributed by atoms with van der Waals surface area (Å²) in [5.74, 6) is 7.01. The van der Waals surface area contributed by atoms with Crippen molar-refractivity contribution >= 4 is 58.7 Å². The Morgan fingerprint density at radius 3 is 2.81 bits per heavy atom. The number of carbonyl (C=O) groups is 1. The molecular weight excluding hydrogens is 477 g/mol. The standard InChI is InChI=1S/C19H19Cl2N7O3S/c1-30-12-6-7-15(31-2)14(8-12)24-16(29)10-32-19-27-26-18(28(19)22)25-23-9-11-4-3-5-13(20)17(11)21/h3-9H,10,22H2,1-2H3,(H,24,29)(H,25,26)/b23-9+. The summed E-state index contributed by atoms with van der Waals surface area (Å²) in [5, 5.41) is 15.8. The molecule has 0 radical (unpaired) electrons. The fraction of sp³-hybridized carbons (Fsp3) is 0.158. The van der Waals surface area contributed by atoms with Crippen LogP contribution in [0.15, 0.2) is 46.7 Å². The lowest BCUT2D eigenvalue weighted by Crippen LogP contribution is -2.17. The number of hydrogen-bond acceptors (Lipinski definition) is 9. The van der Waals surface area contributed by atoms with Crippen molar-refractivity contribution in [2.24, 2.45) is 5.10 Å². The van der Waals surface area contributed by atoms with Crippen molar-refractivity contribution in [3.8, 4) is 11.5 Å². The molecule has 1 heterocycles. The summed E-state index contributed by atoms with van der Waals surface area (Å²) in [5.41, 5.74) is 3.78. The normalized spacial score (nSPS) is 10.9. The molecule has 3 aromatic rings. The van der Waals surface area contributed by atoms with Gasteiger partial charge >= 0.3 is 0 Å². The Bertz CT molecular complexity index is 1140. The number of nitrogens with two attached hydrogens (primary N) is 1. The Morgan fingerprint density at radius 1 is 1.25 bits per heavy atom. The first kappa shape index (κ1) is 23.5. The van der Waals surface area contributed by atoms with Crippen molar-refractivity contribution in [1.29, 1.82) is 0 Å². The number of halogens is 2. The zero-order chi connectivity index (χ0) is 23.1. The van der Waals surface area contributed by atoms with E-state index in [0.29, 0.717) is 38.0 Å². The topological polar surface area (TPSA) is 129 Å². The van der Waals surface area contributed by atoms with Gasteiger partial charge in [0, 0.05) is 11.6 Å². The number of nitrogen functional groups attached to an aromatic ring is 1. The molecule has 0 aliphatic rings. The van der Waals surface area contributed by atoms with Crippen LogP contribution in [0.3, 0.4) is 0 Å². The van der Waals surface area contributed by atoms with Crippen LogP contribution in [0.4, 0.5) is 11.6 Å². The van der Waals surface area contributed by atoms with E-state index in [1.54, 1.807) is 36.4 Å². The van der Waals surface area contributed by atoms with Gasteiger partial charge in [-0.05, 0) is 18.2 Å². The summed E-state index contributed by atoms with van der Waals surface area (Å²) < 4.78 is 11.6. The van der Waals surface area contributed by atoms with Gasteiger partial charge in [-0.25, -0.2) is 10.1 Å². The van der Waals surface area contributed by atoms with Gasteiger partial charge in [-0.1, -0.05) is 47.1 Å². The number of hydrazone groups is 1. The molecule has 168 valence electrons. The van der Waals surface area contributed by atoms with Crippen molar-refractivity contribution in [1.82, 2.24) is 14.9 Å². The lowest BCUT2D eigenvalue weighted by atomic mass is 10.2. The monoisotopic (exact) mass is 495 g/mol. The number of benzene rings is 2. The van der Waals surface area contributed by atoms with Crippen molar-refractivity contribution in [2.75, 3.05) is 36.6 Å². The van der Waals surface area contributed by atoms with E-state index in [-0.39, 0.29) is 17.6 Å². The van der Waals surface area contributed by atoms with Crippen molar-refractivity contribution in [2.45, 2.75) is 5.16 Å². The van der Waals surface area contributed by atoms with Crippen molar-refractivity contribution in [3.05, 3.63) is 52.0 Å². The van der Waals surface area contributed by atoms with Gasteiger partial charge < -0.3 is 20.6 Å². The number of carbonyl (C=O) groups excluding carboxylic acids is 1. The van der Waals surface area contributed by atoms with E-state index in [1.807, 2.05) is 0 Å². The minimum absolute atomic E-state index is 0.0388. The molecule has 1 amide bonds. The highest BCUT2D eigenvalue weighted by Crippen LogP contribution is 2.29. The van der Waals surface area contributed by atoms with Crippen LogP contribution in [0.1, 0.15) is 5.56 Å². The zero-order valence-electron chi connectivity index (χ0n) is 17.0. The summed E-state index contributed by atoms with van der Waals surface area (Å²) >= 11 is 13.2. The number of hydrogen-bond donors (Lipinski definition) is 3. The molecule has 32 heavy (non-hydrogen) atoms. The number of anilines is 2.